The van der Waals surface area contributed by atoms with Crippen LogP contribution in [-0.4, -0.2) is 43.2 Å². The van der Waals surface area contributed by atoms with E-state index < -0.39 is 0 Å². The van der Waals surface area contributed by atoms with E-state index in [1.165, 1.54) is 6.42 Å². The third kappa shape index (κ3) is 3.47. The smallest absolute Gasteiger partial charge is 0.323 e. The Morgan fingerprint density at radius 2 is 2.40 bits per heavy atom. The van der Waals surface area contributed by atoms with Crippen molar-refractivity contribution in [1.29, 1.82) is 0 Å². The summed E-state index contributed by atoms with van der Waals surface area (Å²) in [4.78, 5) is 13.7. The molecule has 0 saturated carbocycles. The lowest BCUT2D eigenvalue weighted by atomic mass is 9.97. The molecule has 4 heteroatoms. The van der Waals surface area contributed by atoms with Crippen molar-refractivity contribution in [3.63, 3.8) is 0 Å². The van der Waals surface area contributed by atoms with Crippen LogP contribution in [0, 0.1) is 5.92 Å². The SMILES string of the molecule is CCOC(=O)C(C)N1CCCC(CN)C1. The van der Waals surface area contributed by atoms with Gasteiger partial charge in [-0.05, 0) is 45.7 Å². The van der Waals surface area contributed by atoms with Gasteiger partial charge in [-0.25, -0.2) is 0 Å². The summed E-state index contributed by atoms with van der Waals surface area (Å²) in [5, 5.41) is 0. The Morgan fingerprint density at radius 3 is 3.00 bits per heavy atom. The van der Waals surface area contributed by atoms with E-state index in [0.29, 0.717) is 19.1 Å². The number of hydrogen-bond donors (Lipinski definition) is 1. The number of nitrogens with zero attached hydrogens (tertiary/aromatic N) is 1. The molecule has 1 rings (SSSR count). The van der Waals surface area contributed by atoms with E-state index >= 15 is 0 Å². The summed E-state index contributed by atoms with van der Waals surface area (Å²) in [6.45, 7) is 6.83. The molecular weight excluding hydrogens is 192 g/mol. The van der Waals surface area contributed by atoms with Gasteiger partial charge < -0.3 is 10.5 Å². The maximum atomic E-state index is 11.5. The van der Waals surface area contributed by atoms with Crippen LogP contribution in [-0.2, 0) is 9.53 Å². The number of ether oxygens (including phenoxy) is 1. The van der Waals surface area contributed by atoms with E-state index in [0.717, 1.165) is 19.5 Å². The second-order valence-corrected chi connectivity index (χ2v) is 4.17. The molecule has 1 fully saturated rings. The molecule has 0 radical (unpaired) electrons. The van der Waals surface area contributed by atoms with Crippen LogP contribution in [0.3, 0.4) is 0 Å². The topological polar surface area (TPSA) is 55.6 Å². The summed E-state index contributed by atoms with van der Waals surface area (Å²) in [5.74, 6) is 0.422. The van der Waals surface area contributed by atoms with Crippen molar-refractivity contribution in [2.24, 2.45) is 11.7 Å². The predicted molar refractivity (Wildman–Crippen MR) is 59.4 cm³/mol. The maximum Gasteiger partial charge on any atom is 0.323 e. The van der Waals surface area contributed by atoms with E-state index in [1.54, 1.807) is 0 Å². The van der Waals surface area contributed by atoms with Crippen molar-refractivity contribution in [3.8, 4) is 0 Å². The molecule has 2 atom stereocenters. The van der Waals surface area contributed by atoms with Crippen LogP contribution in [0.2, 0.25) is 0 Å². The highest BCUT2D eigenvalue weighted by Gasteiger charge is 2.27. The molecule has 0 aromatic heterocycles. The lowest BCUT2D eigenvalue weighted by Gasteiger charge is -2.35. The van der Waals surface area contributed by atoms with Gasteiger partial charge in [0.2, 0.25) is 0 Å². The van der Waals surface area contributed by atoms with Gasteiger partial charge in [0.05, 0.1) is 6.61 Å². The van der Waals surface area contributed by atoms with Crippen molar-refractivity contribution in [1.82, 2.24) is 4.90 Å². The van der Waals surface area contributed by atoms with Gasteiger partial charge in [-0.3, -0.25) is 9.69 Å². The molecule has 15 heavy (non-hydrogen) atoms. The molecule has 0 amide bonds. The molecule has 1 aliphatic rings. The van der Waals surface area contributed by atoms with Crippen LogP contribution in [0.4, 0.5) is 0 Å². The maximum absolute atomic E-state index is 11.5. The van der Waals surface area contributed by atoms with Crippen molar-refractivity contribution in [2.45, 2.75) is 32.7 Å². The minimum absolute atomic E-state index is 0.116. The second-order valence-electron chi connectivity index (χ2n) is 4.17. The Bertz CT molecular complexity index is 209. The average Bonchev–Trinajstić information content (AvgIpc) is 2.28. The first-order chi connectivity index (χ1) is 7.19. The third-order valence-corrected chi connectivity index (χ3v) is 3.06. The molecule has 0 bridgehead atoms. The molecule has 2 unspecified atom stereocenters. The van der Waals surface area contributed by atoms with Crippen molar-refractivity contribution >= 4 is 5.97 Å². The number of esters is 1. The zero-order chi connectivity index (χ0) is 11.3. The molecule has 1 heterocycles. The monoisotopic (exact) mass is 214 g/mol. The predicted octanol–water partition coefficient (Wildman–Crippen LogP) is 0.609. The number of likely N-dealkylation sites (tertiary alicyclic amines) is 1. The number of piperidine rings is 1. The van der Waals surface area contributed by atoms with Crippen LogP contribution >= 0.6 is 0 Å². The van der Waals surface area contributed by atoms with E-state index in [4.69, 9.17) is 10.5 Å². The standard InChI is InChI=1S/C11H22N2O2/c1-3-15-11(14)9(2)13-6-4-5-10(7-12)8-13/h9-10H,3-8,12H2,1-2H3. The van der Waals surface area contributed by atoms with E-state index in [1.807, 2.05) is 13.8 Å². The minimum atomic E-state index is -0.126. The van der Waals surface area contributed by atoms with Crippen LogP contribution in [0.25, 0.3) is 0 Å². The Labute approximate surface area is 91.8 Å². The van der Waals surface area contributed by atoms with Crippen LogP contribution in [0.1, 0.15) is 26.7 Å². The van der Waals surface area contributed by atoms with Crippen LogP contribution < -0.4 is 5.73 Å². The molecule has 0 aliphatic carbocycles. The fraction of sp³-hybridized carbons (Fsp3) is 0.909. The Kier molecular flexibility index (Phi) is 5.05. The molecule has 88 valence electrons. The largest absolute Gasteiger partial charge is 0.465 e. The fourth-order valence-corrected chi connectivity index (χ4v) is 2.05. The van der Waals surface area contributed by atoms with Gasteiger partial charge in [0, 0.05) is 6.54 Å². The van der Waals surface area contributed by atoms with Gasteiger partial charge in [-0.2, -0.15) is 0 Å². The summed E-state index contributed by atoms with van der Waals surface area (Å²) in [6.07, 6.45) is 2.31. The normalized spacial score (nSPS) is 24.9. The van der Waals surface area contributed by atoms with Gasteiger partial charge in [0.15, 0.2) is 0 Å². The Balaban J connectivity index is 2.44. The van der Waals surface area contributed by atoms with E-state index in [-0.39, 0.29) is 12.0 Å². The Hall–Kier alpha value is -0.610. The molecule has 1 aliphatic heterocycles. The van der Waals surface area contributed by atoms with Gasteiger partial charge in [0.25, 0.3) is 0 Å². The quantitative estimate of drug-likeness (QED) is 0.697. The zero-order valence-electron chi connectivity index (χ0n) is 9.74. The van der Waals surface area contributed by atoms with Gasteiger partial charge in [0.1, 0.15) is 6.04 Å². The highest BCUT2D eigenvalue weighted by molar-refractivity contribution is 5.75. The molecule has 0 spiro atoms. The van der Waals surface area contributed by atoms with E-state index in [2.05, 4.69) is 4.90 Å². The second kappa shape index (κ2) is 6.08. The first kappa shape index (κ1) is 12.5. The summed E-state index contributed by atoms with van der Waals surface area (Å²) in [6, 6.07) is -0.126. The highest BCUT2D eigenvalue weighted by Crippen LogP contribution is 2.17. The van der Waals surface area contributed by atoms with E-state index in [9.17, 15) is 4.79 Å². The van der Waals surface area contributed by atoms with Gasteiger partial charge in [-0.15, -0.1) is 0 Å². The number of hydrogen-bond acceptors (Lipinski definition) is 4. The zero-order valence-corrected chi connectivity index (χ0v) is 9.74. The first-order valence-corrected chi connectivity index (χ1v) is 5.79. The van der Waals surface area contributed by atoms with Crippen molar-refractivity contribution in [2.75, 3.05) is 26.2 Å². The van der Waals surface area contributed by atoms with Gasteiger partial charge in [-0.1, -0.05) is 0 Å². The number of rotatable bonds is 4. The minimum Gasteiger partial charge on any atom is -0.465 e. The average molecular weight is 214 g/mol. The number of carbonyl (C=O) groups is 1. The summed E-state index contributed by atoms with van der Waals surface area (Å²) < 4.78 is 5.01. The van der Waals surface area contributed by atoms with Crippen molar-refractivity contribution < 1.29 is 9.53 Å². The first-order valence-electron chi connectivity index (χ1n) is 5.79. The number of carbonyl (C=O) groups excluding carboxylic acids is 1. The molecule has 4 nitrogen and oxygen atoms in total. The fourth-order valence-electron chi connectivity index (χ4n) is 2.05. The number of nitrogens with two attached hydrogens (primary N) is 1. The molecule has 2 N–H and O–H groups in total. The Morgan fingerprint density at radius 1 is 1.67 bits per heavy atom. The van der Waals surface area contributed by atoms with Crippen LogP contribution in [0.15, 0.2) is 0 Å². The lowest BCUT2D eigenvalue weighted by molar-refractivity contribution is -0.149. The summed E-state index contributed by atoms with van der Waals surface area (Å²) in [5.41, 5.74) is 5.66. The highest BCUT2D eigenvalue weighted by atomic mass is 16.5. The lowest BCUT2D eigenvalue weighted by Crippen LogP contribution is -2.47. The van der Waals surface area contributed by atoms with Gasteiger partial charge >= 0.3 is 5.97 Å². The molecule has 0 aromatic rings. The third-order valence-electron chi connectivity index (χ3n) is 3.06. The summed E-state index contributed by atoms with van der Waals surface area (Å²) in [7, 11) is 0. The van der Waals surface area contributed by atoms with Crippen molar-refractivity contribution in [3.05, 3.63) is 0 Å². The van der Waals surface area contributed by atoms with Crippen LogP contribution in [0.5, 0.6) is 0 Å². The molecule has 1 saturated heterocycles. The molecular formula is C11H22N2O2. The molecule has 0 aromatic carbocycles. The summed E-state index contributed by atoms with van der Waals surface area (Å²) >= 11 is 0.